The number of amides is 3. The Hall–Kier alpha value is -2.89. The number of terminal acetylenes is 1. The first kappa shape index (κ1) is 20.8. The first-order chi connectivity index (χ1) is 14.0. The highest BCUT2D eigenvalue weighted by atomic mass is 32.1. The van der Waals surface area contributed by atoms with Gasteiger partial charge >= 0.3 is 6.03 Å². The van der Waals surface area contributed by atoms with Gasteiger partial charge in [0.2, 0.25) is 5.91 Å². The molecule has 2 unspecified atom stereocenters. The van der Waals surface area contributed by atoms with Gasteiger partial charge in [-0.15, -0.1) is 17.8 Å². The molecule has 1 fully saturated rings. The van der Waals surface area contributed by atoms with Gasteiger partial charge in [0.15, 0.2) is 5.01 Å². The molecule has 7 nitrogen and oxygen atoms in total. The zero-order chi connectivity index (χ0) is 20.8. The van der Waals surface area contributed by atoms with E-state index < -0.39 is 12.1 Å². The van der Waals surface area contributed by atoms with Crippen LogP contribution in [-0.4, -0.2) is 46.6 Å². The van der Waals surface area contributed by atoms with Gasteiger partial charge in [0.1, 0.15) is 5.82 Å². The number of carbonyl (C=O) groups excluding carboxylic acids is 2. The Kier molecular flexibility index (Phi) is 6.86. The molecule has 29 heavy (non-hydrogen) atoms. The molecular weight excluding hydrogens is 388 g/mol. The van der Waals surface area contributed by atoms with Crippen molar-refractivity contribution in [1.29, 1.82) is 0 Å². The molecule has 0 spiro atoms. The summed E-state index contributed by atoms with van der Waals surface area (Å²) in [6, 6.07) is 6.81. The molecule has 1 saturated heterocycles. The van der Waals surface area contributed by atoms with E-state index >= 15 is 0 Å². The van der Waals surface area contributed by atoms with Crippen LogP contribution in [0.25, 0.3) is 0 Å². The molecule has 8 heteroatoms. The third-order valence-electron chi connectivity index (χ3n) is 5.03. The van der Waals surface area contributed by atoms with Crippen LogP contribution < -0.4 is 10.6 Å². The highest BCUT2D eigenvalue weighted by Crippen LogP contribution is 2.28. The van der Waals surface area contributed by atoms with Crippen LogP contribution in [0.15, 0.2) is 29.6 Å². The third kappa shape index (κ3) is 5.34. The third-order valence-corrected chi connectivity index (χ3v) is 5.81. The fraction of sp³-hybridized carbons (Fsp3) is 0.381. The number of nitrogens with one attached hydrogen (secondary N) is 2. The summed E-state index contributed by atoms with van der Waals surface area (Å²) in [5.74, 6) is 3.20. The minimum atomic E-state index is -0.546. The van der Waals surface area contributed by atoms with Crippen molar-refractivity contribution in [3.8, 4) is 12.3 Å². The molecule has 3 N–H and O–H groups in total. The maximum atomic E-state index is 12.2. The summed E-state index contributed by atoms with van der Waals surface area (Å²) in [6.07, 6.45) is 7.31. The minimum absolute atomic E-state index is 0.108. The van der Waals surface area contributed by atoms with Crippen LogP contribution in [-0.2, 0) is 4.79 Å². The summed E-state index contributed by atoms with van der Waals surface area (Å²) in [6.45, 7) is 2.91. The second kappa shape index (κ2) is 9.54. The fourth-order valence-corrected chi connectivity index (χ4v) is 4.03. The lowest BCUT2D eigenvalue weighted by Crippen LogP contribution is -2.37. The molecule has 0 saturated carbocycles. The molecular formula is C21H24N4O3S. The Labute approximate surface area is 174 Å². The number of thiazole rings is 1. The summed E-state index contributed by atoms with van der Waals surface area (Å²) in [5, 5.41) is 17.2. The van der Waals surface area contributed by atoms with Crippen LogP contribution >= 0.6 is 11.3 Å². The molecule has 3 amide bonds. The zero-order valence-electron chi connectivity index (χ0n) is 16.2. The van der Waals surface area contributed by atoms with Crippen LogP contribution in [0.3, 0.4) is 0 Å². The zero-order valence-corrected chi connectivity index (χ0v) is 17.0. The molecule has 2 atom stereocenters. The van der Waals surface area contributed by atoms with Crippen molar-refractivity contribution in [2.24, 2.45) is 0 Å². The largest absolute Gasteiger partial charge is 0.394 e. The summed E-state index contributed by atoms with van der Waals surface area (Å²) < 4.78 is 0. The smallest absolute Gasteiger partial charge is 0.320 e. The number of aliphatic hydroxyl groups excluding tert-OH is 1. The molecule has 0 aliphatic carbocycles. The second-order valence-electron chi connectivity index (χ2n) is 6.99. The Balaban J connectivity index is 1.61. The minimum Gasteiger partial charge on any atom is -0.394 e. The van der Waals surface area contributed by atoms with Crippen molar-refractivity contribution in [3.05, 3.63) is 45.8 Å². The number of aliphatic hydroxyl groups is 1. The van der Waals surface area contributed by atoms with E-state index in [4.69, 9.17) is 6.42 Å². The van der Waals surface area contributed by atoms with Crippen LogP contribution in [0.1, 0.15) is 47.9 Å². The van der Waals surface area contributed by atoms with Gasteiger partial charge < -0.3 is 15.3 Å². The van der Waals surface area contributed by atoms with Crippen molar-refractivity contribution in [2.75, 3.05) is 25.0 Å². The molecule has 3 rings (SSSR count). The van der Waals surface area contributed by atoms with Crippen molar-refractivity contribution >= 4 is 29.1 Å². The van der Waals surface area contributed by atoms with Crippen molar-refractivity contribution in [1.82, 2.24) is 15.2 Å². The lowest BCUT2D eigenvalue weighted by atomic mass is 9.89. The van der Waals surface area contributed by atoms with E-state index in [2.05, 4.69) is 21.5 Å². The average molecular weight is 413 g/mol. The normalized spacial score (nSPS) is 17.3. The second-order valence-corrected chi connectivity index (χ2v) is 7.84. The van der Waals surface area contributed by atoms with E-state index in [1.165, 1.54) is 11.3 Å². The van der Waals surface area contributed by atoms with E-state index in [1.807, 2.05) is 29.2 Å². The number of rotatable bonds is 5. The molecule has 1 aliphatic rings. The SMILES string of the molecule is C#Cc1nc(NC(=O)NC(CO)c2ccc(C3CCCN(C(C)=O)C3)cc2)cs1. The van der Waals surface area contributed by atoms with Crippen molar-refractivity contribution < 1.29 is 14.7 Å². The average Bonchev–Trinajstić information content (AvgIpc) is 3.19. The van der Waals surface area contributed by atoms with Crippen molar-refractivity contribution in [3.63, 3.8) is 0 Å². The maximum absolute atomic E-state index is 12.2. The Morgan fingerprint density at radius 2 is 2.17 bits per heavy atom. The van der Waals surface area contributed by atoms with E-state index in [0.717, 1.165) is 37.1 Å². The molecule has 0 bridgehead atoms. The van der Waals surface area contributed by atoms with Crippen molar-refractivity contribution in [2.45, 2.75) is 31.7 Å². The number of hydrogen-bond donors (Lipinski definition) is 3. The van der Waals surface area contributed by atoms with Crippen LogP contribution in [0.2, 0.25) is 0 Å². The van der Waals surface area contributed by atoms with E-state index in [0.29, 0.717) is 16.7 Å². The van der Waals surface area contributed by atoms with Crippen LogP contribution in [0, 0.1) is 12.3 Å². The molecule has 1 aromatic heterocycles. The number of nitrogens with zero attached hydrogens (tertiary/aromatic N) is 2. The monoisotopic (exact) mass is 412 g/mol. The van der Waals surface area contributed by atoms with Gasteiger partial charge in [0, 0.05) is 31.3 Å². The number of likely N-dealkylation sites (tertiary alicyclic amines) is 1. The molecule has 1 aliphatic heterocycles. The summed E-state index contributed by atoms with van der Waals surface area (Å²) in [5.41, 5.74) is 1.96. The van der Waals surface area contributed by atoms with Gasteiger partial charge in [-0.3, -0.25) is 10.1 Å². The first-order valence-electron chi connectivity index (χ1n) is 9.46. The summed E-state index contributed by atoms with van der Waals surface area (Å²) in [4.78, 5) is 29.8. The highest BCUT2D eigenvalue weighted by Gasteiger charge is 2.23. The molecule has 2 heterocycles. The predicted molar refractivity (Wildman–Crippen MR) is 113 cm³/mol. The summed E-state index contributed by atoms with van der Waals surface area (Å²) >= 11 is 1.27. The first-order valence-corrected chi connectivity index (χ1v) is 10.3. The maximum Gasteiger partial charge on any atom is 0.320 e. The molecule has 0 radical (unpaired) electrons. The topological polar surface area (TPSA) is 94.6 Å². The lowest BCUT2D eigenvalue weighted by molar-refractivity contribution is -0.130. The number of urea groups is 1. The molecule has 2 aromatic rings. The Morgan fingerprint density at radius 3 is 2.79 bits per heavy atom. The van der Waals surface area contributed by atoms with E-state index in [-0.39, 0.29) is 12.5 Å². The lowest BCUT2D eigenvalue weighted by Gasteiger charge is -2.32. The number of carbonyl (C=O) groups is 2. The van der Waals surface area contributed by atoms with Crippen LogP contribution in [0.4, 0.5) is 10.6 Å². The van der Waals surface area contributed by atoms with Gasteiger partial charge in [0.05, 0.1) is 12.6 Å². The van der Waals surface area contributed by atoms with E-state index in [9.17, 15) is 14.7 Å². The van der Waals surface area contributed by atoms with Gasteiger partial charge in [-0.2, -0.15) is 0 Å². The van der Waals surface area contributed by atoms with Crippen LogP contribution in [0.5, 0.6) is 0 Å². The standard InChI is InChI=1S/C21H24N4O3S/c1-3-20-23-19(13-29-20)24-21(28)22-18(12-26)16-8-6-15(7-9-16)17-5-4-10-25(11-17)14(2)27/h1,6-9,13,17-18,26H,4-5,10-12H2,2H3,(H2,22,24,28). The Morgan fingerprint density at radius 1 is 1.41 bits per heavy atom. The quantitative estimate of drug-likeness (QED) is 0.658. The van der Waals surface area contributed by atoms with Gasteiger partial charge in [-0.1, -0.05) is 24.3 Å². The highest BCUT2D eigenvalue weighted by molar-refractivity contribution is 7.10. The number of piperidine rings is 1. The number of hydrogen-bond acceptors (Lipinski definition) is 5. The number of benzene rings is 1. The van der Waals surface area contributed by atoms with Gasteiger partial charge in [-0.05, 0) is 29.9 Å². The van der Waals surface area contributed by atoms with E-state index in [1.54, 1.807) is 12.3 Å². The predicted octanol–water partition coefficient (Wildman–Crippen LogP) is 2.71. The fourth-order valence-electron chi connectivity index (χ4n) is 3.48. The summed E-state index contributed by atoms with van der Waals surface area (Å²) in [7, 11) is 0. The Bertz CT molecular complexity index is 903. The van der Waals surface area contributed by atoms with Gasteiger partial charge in [0.25, 0.3) is 0 Å². The number of anilines is 1. The molecule has 1 aromatic carbocycles. The number of aromatic nitrogens is 1. The van der Waals surface area contributed by atoms with Gasteiger partial charge in [-0.25, -0.2) is 9.78 Å². The molecule has 152 valence electrons.